The molecule has 11 heteroatoms. The number of thiazole rings is 1. The summed E-state index contributed by atoms with van der Waals surface area (Å²) in [5.41, 5.74) is 3.65. The third-order valence-electron chi connectivity index (χ3n) is 7.75. The lowest BCUT2D eigenvalue weighted by Crippen LogP contribution is -2.40. The van der Waals surface area contributed by atoms with Gasteiger partial charge in [0.2, 0.25) is 0 Å². The van der Waals surface area contributed by atoms with Gasteiger partial charge in [0, 0.05) is 5.69 Å². The largest absolute Gasteiger partial charge is 0.494 e. The second-order valence-electron chi connectivity index (χ2n) is 11.1. The van der Waals surface area contributed by atoms with E-state index >= 15 is 0 Å². The predicted molar refractivity (Wildman–Crippen MR) is 195 cm³/mol. The van der Waals surface area contributed by atoms with Crippen molar-refractivity contribution in [2.75, 3.05) is 18.5 Å². The van der Waals surface area contributed by atoms with E-state index in [2.05, 4.69) is 5.32 Å². The zero-order valence-corrected chi connectivity index (χ0v) is 29.4. The molecule has 5 aromatic rings. The van der Waals surface area contributed by atoms with Crippen LogP contribution < -0.4 is 34.4 Å². The molecule has 0 fully saturated rings. The number of halogens is 2. The Morgan fingerprint density at radius 3 is 2.37 bits per heavy atom. The number of fused-ring (bicyclic) bond motifs is 1. The van der Waals surface area contributed by atoms with E-state index in [-0.39, 0.29) is 18.1 Å². The van der Waals surface area contributed by atoms with Gasteiger partial charge in [0.1, 0.15) is 12.4 Å². The lowest BCUT2D eigenvalue weighted by Gasteiger charge is -2.25. The van der Waals surface area contributed by atoms with Crippen LogP contribution in [0.3, 0.4) is 0 Å². The maximum absolute atomic E-state index is 14.2. The molecule has 0 aliphatic carbocycles. The number of hydrogen-bond acceptors (Lipinski definition) is 7. The number of nitrogens with one attached hydrogen (secondary N) is 1. The molecular formula is C38H33Cl2N3O5S. The Labute approximate surface area is 297 Å². The fraction of sp³-hybridized carbons (Fsp3) is 0.184. The number of amides is 1. The molecule has 1 aliphatic rings. The minimum Gasteiger partial charge on any atom is -0.494 e. The molecule has 1 N–H and O–H groups in total. The highest BCUT2D eigenvalue weighted by Gasteiger charge is 2.32. The summed E-state index contributed by atoms with van der Waals surface area (Å²) < 4.78 is 19.7. The van der Waals surface area contributed by atoms with Crippen LogP contribution in [0.4, 0.5) is 5.69 Å². The molecule has 0 saturated carbocycles. The van der Waals surface area contributed by atoms with E-state index in [4.69, 9.17) is 42.4 Å². The standard InChI is InChI=1S/C38H33Cl2N3O5S/c1-4-46-28-15-13-26(14-16-28)35-34(36(44)42-27-9-7-6-8-10-27)23(3)41-38-43(35)37(45)33(49-38)21-24-12-18-31(32(20-24)47-5-2)48-22-25-11-17-29(39)30(40)19-25/h6-21,35H,4-5,22H2,1-3H3,(H,42,44)/b33-21-/t35-/m1/s1. The molecular weight excluding hydrogens is 681 g/mol. The lowest BCUT2D eigenvalue weighted by molar-refractivity contribution is -0.113. The van der Waals surface area contributed by atoms with Crippen LogP contribution in [0.5, 0.6) is 17.2 Å². The van der Waals surface area contributed by atoms with Gasteiger partial charge in [-0.3, -0.25) is 14.2 Å². The molecule has 0 radical (unpaired) electrons. The number of nitrogens with zero attached hydrogens (tertiary/aromatic N) is 2. The first-order valence-corrected chi connectivity index (χ1v) is 17.3. The molecule has 6 rings (SSSR count). The van der Waals surface area contributed by atoms with Gasteiger partial charge in [0.15, 0.2) is 16.3 Å². The van der Waals surface area contributed by atoms with Crippen molar-refractivity contribution in [3.8, 4) is 17.2 Å². The average molecular weight is 715 g/mol. The Kier molecular flexibility index (Phi) is 10.5. The van der Waals surface area contributed by atoms with E-state index in [1.165, 1.54) is 11.3 Å². The predicted octanol–water partition coefficient (Wildman–Crippen LogP) is 7.56. The zero-order chi connectivity index (χ0) is 34.5. The molecule has 1 aliphatic heterocycles. The van der Waals surface area contributed by atoms with Crippen molar-refractivity contribution in [2.24, 2.45) is 4.99 Å². The van der Waals surface area contributed by atoms with E-state index in [0.717, 1.165) is 16.7 Å². The molecule has 8 nitrogen and oxygen atoms in total. The first kappa shape index (κ1) is 34.0. The highest BCUT2D eigenvalue weighted by molar-refractivity contribution is 7.07. The molecule has 0 spiro atoms. The Morgan fingerprint density at radius 1 is 0.898 bits per heavy atom. The number of anilines is 1. The summed E-state index contributed by atoms with van der Waals surface area (Å²) in [5.74, 6) is 1.45. The molecule has 1 atom stereocenters. The Balaban J connectivity index is 1.38. The molecule has 4 aromatic carbocycles. The molecule has 1 amide bonds. The van der Waals surface area contributed by atoms with Crippen LogP contribution >= 0.6 is 34.5 Å². The van der Waals surface area contributed by atoms with Crippen LogP contribution in [0.1, 0.15) is 43.5 Å². The lowest BCUT2D eigenvalue weighted by atomic mass is 9.95. The second-order valence-corrected chi connectivity index (χ2v) is 12.9. The maximum Gasteiger partial charge on any atom is 0.271 e. The van der Waals surface area contributed by atoms with Gasteiger partial charge >= 0.3 is 0 Å². The average Bonchev–Trinajstić information content (AvgIpc) is 3.39. The highest BCUT2D eigenvalue weighted by Crippen LogP contribution is 2.33. The summed E-state index contributed by atoms with van der Waals surface area (Å²) in [4.78, 5) is 33.3. The fourth-order valence-electron chi connectivity index (χ4n) is 5.50. The van der Waals surface area contributed by atoms with E-state index in [9.17, 15) is 9.59 Å². The number of ether oxygens (including phenoxy) is 3. The summed E-state index contributed by atoms with van der Waals surface area (Å²) in [6, 6.07) is 26.8. The number of benzene rings is 4. The summed E-state index contributed by atoms with van der Waals surface area (Å²) >= 11 is 13.5. The fourth-order valence-corrected chi connectivity index (χ4v) is 6.87. The van der Waals surface area contributed by atoms with Gasteiger partial charge in [0.25, 0.3) is 11.5 Å². The smallest absolute Gasteiger partial charge is 0.271 e. The monoisotopic (exact) mass is 713 g/mol. The van der Waals surface area contributed by atoms with Gasteiger partial charge in [-0.2, -0.15) is 0 Å². The highest BCUT2D eigenvalue weighted by atomic mass is 35.5. The van der Waals surface area contributed by atoms with Gasteiger partial charge in [-0.05, 0) is 92.1 Å². The maximum atomic E-state index is 14.2. The first-order valence-electron chi connectivity index (χ1n) is 15.7. The van der Waals surface area contributed by atoms with Crippen molar-refractivity contribution in [1.29, 1.82) is 0 Å². The van der Waals surface area contributed by atoms with Crippen molar-refractivity contribution in [3.63, 3.8) is 0 Å². The van der Waals surface area contributed by atoms with Gasteiger partial charge < -0.3 is 19.5 Å². The van der Waals surface area contributed by atoms with E-state index < -0.39 is 6.04 Å². The number of para-hydroxylation sites is 1. The number of allylic oxidation sites excluding steroid dienone is 1. The third-order valence-corrected chi connectivity index (χ3v) is 9.47. The van der Waals surface area contributed by atoms with E-state index in [1.807, 2.05) is 92.7 Å². The minimum absolute atomic E-state index is 0.264. The van der Waals surface area contributed by atoms with Crippen molar-refractivity contribution in [3.05, 3.63) is 149 Å². The number of carbonyl (C=O) groups excluding carboxylic acids is 1. The molecule has 1 aromatic heterocycles. The van der Waals surface area contributed by atoms with Gasteiger partial charge in [-0.25, -0.2) is 4.99 Å². The van der Waals surface area contributed by atoms with E-state index in [0.29, 0.717) is 66.8 Å². The number of carbonyl (C=O) groups is 1. The quantitative estimate of drug-likeness (QED) is 0.153. The van der Waals surface area contributed by atoms with Crippen LogP contribution in [0.2, 0.25) is 10.0 Å². The van der Waals surface area contributed by atoms with E-state index in [1.54, 1.807) is 29.7 Å². The topological polar surface area (TPSA) is 91.2 Å². The normalized spacial score (nSPS) is 14.2. The van der Waals surface area contributed by atoms with Gasteiger partial charge in [-0.15, -0.1) is 0 Å². The Morgan fingerprint density at radius 2 is 1.65 bits per heavy atom. The van der Waals surface area contributed by atoms with Crippen molar-refractivity contribution in [1.82, 2.24) is 4.57 Å². The number of rotatable bonds is 11. The van der Waals surface area contributed by atoms with Crippen molar-refractivity contribution < 1.29 is 19.0 Å². The van der Waals surface area contributed by atoms with Gasteiger partial charge in [-0.1, -0.05) is 77.0 Å². The number of hydrogen-bond donors (Lipinski definition) is 1. The third kappa shape index (κ3) is 7.59. The molecule has 0 bridgehead atoms. The van der Waals surface area contributed by atoms with Crippen LogP contribution in [0, 0.1) is 0 Å². The molecule has 2 heterocycles. The number of aromatic nitrogens is 1. The molecule has 0 unspecified atom stereocenters. The summed E-state index contributed by atoms with van der Waals surface area (Å²) in [6.07, 6.45) is 1.80. The van der Waals surface area contributed by atoms with Crippen molar-refractivity contribution in [2.45, 2.75) is 33.4 Å². The SMILES string of the molecule is CCOc1ccc([C@@H]2C(C(=O)Nc3ccccc3)=C(C)N=c3s/c(=C\c4ccc(OCc5ccc(Cl)c(Cl)c5)c(OCC)c4)c(=O)n32)cc1. The molecule has 49 heavy (non-hydrogen) atoms. The summed E-state index contributed by atoms with van der Waals surface area (Å²) in [6.45, 7) is 6.81. The Hall–Kier alpha value is -4.83. The summed E-state index contributed by atoms with van der Waals surface area (Å²) in [5, 5.41) is 3.91. The minimum atomic E-state index is -0.714. The zero-order valence-electron chi connectivity index (χ0n) is 27.0. The second kappa shape index (κ2) is 15.2. The molecule has 250 valence electrons. The van der Waals surface area contributed by atoms with Crippen LogP contribution in [-0.4, -0.2) is 23.7 Å². The van der Waals surface area contributed by atoms with Crippen LogP contribution in [0.15, 0.2) is 112 Å². The van der Waals surface area contributed by atoms with Gasteiger partial charge in [0.05, 0.1) is 45.1 Å². The first-order chi connectivity index (χ1) is 23.7. The van der Waals surface area contributed by atoms with Crippen molar-refractivity contribution >= 4 is 52.2 Å². The molecule has 0 saturated heterocycles. The van der Waals surface area contributed by atoms with Crippen LogP contribution in [-0.2, 0) is 11.4 Å². The summed E-state index contributed by atoms with van der Waals surface area (Å²) in [7, 11) is 0. The Bertz CT molecular complexity index is 2210. The van der Waals surface area contributed by atoms with Crippen LogP contribution in [0.25, 0.3) is 6.08 Å².